The van der Waals surface area contributed by atoms with Gasteiger partial charge in [-0.3, -0.25) is 9.59 Å². The summed E-state index contributed by atoms with van der Waals surface area (Å²) in [7, 11) is 1.33. The van der Waals surface area contributed by atoms with Gasteiger partial charge in [0.2, 0.25) is 5.91 Å². The Morgan fingerprint density at radius 1 is 1.50 bits per heavy atom. The minimum Gasteiger partial charge on any atom is -0.469 e. The van der Waals surface area contributed by atoms with E-state index in [4.69, 9.17) is 0 Å². The first kappa shape index (κ1) is 14.2. The smallest absolute Gasteiger partial charge is 0.311 e. The molecule has 2 rings (SSSR count). The van der Waals surface area contributed by atoms with Gasteiger partial charge >= 0.3 is 5.97 Å². The van der Waals surface area contributed by atoms with Gasteiger partial charge in [0.1, 0.15) is 0 Å². The Hall–Kier alpha value is -2.22. The molecule has 0 unspecified atom stereocenters. The first-order chi connectivity index (χ1) is 9.67. The van der Waals surface area contributed by atoms with Crippen molar-refractivity contribution in [3.05, 3.63) is 29.8 Å². The molecule has 2 aromatic rings. The standard InChI is InChI=1S/C12H14N4O3S/c1-19-11(18)6-9-7-20-12(14-9)15-10(17)2-4-16-5-3-13-8-16/h3,5,7-8H,2,4,6H2,1H3,(H,14,15,17). The second-order valence-corrected chi connectivity index (χ2v) is 4.85. The zero-order chi connectivity index (χ0) is 14.4. The number of methoxy groups -OCH3 is 1. The summed E-state index contributed by atoms with van der Waals surface area (Å²) in [4.78, 5) is 30.9. The summed E-state index contributed by atoms with van der Waals surface area (Å²) in [6.45, 7) is 0.562. The van der Waals surface area contributed by atoms with Crippen LogP contribution >= 0.6 is 11.3 Å². The predicted molar refractivity (Wildman–Crippen MR) is 73.3 cm³/mol. The molecule has 0 fully saturated rings. The molecule has 1 N–H and O–H groups in total. The summed E-state index contributed by atoms with van der Waals surface area (Å²) in [5.41, 5.74) is 0.590. The highest BCUT2D eigenvalue weighted by atomic mass is 32.1. The van der Waals surface area contributed by atoms with Gasteiger partial charge in [-0.15, -0.1) is 11.3 Å². The van der Waals surface area contributed by atoms with E-state index in [1.165, 1.54) is 18.4 Å². The van der Waals surface area contributed by atoms with Crippen molar-refractivity contribution in [1.82, 2.24) is 14.5 Å². The number of rotatable bonds is 6. The number of esters is 1. The average Bonchev–Trinajstić information content (AvgIpc) is 3.08. The zero-order valence-electron chi connectivity index (χ0n) is 10.9. The number of carbonyl (C=O) groups is 2. The predicted octanol–water partition coefficient (Wildman–Crippen LogP) is 1.08. The number of anilines is 1. The Balaban J connectivity index is 1.80. The van der Waals surface area contributed by atoms with E-state index in [1.54, 1.807) is 24.1 Å². The van der Waals surface area contributed by atoms with E-state index in [2.05, 4.69) is 20.0 Å². The first-order valence-electron chi connectivity index (χ1n) is 5.94. The highest BCUT2D eigenvalue weighted by molar-refractivity contribution is 7.13. The molecular formula is C12H14N4O3S. The monoisotopic (exact) mass is 294 g/mol. The van der Waals surface area contributed by atoms with Crippen molar-refractivity contribution in [2.75, 3.05) is 12.4 Å². The number of aromatic nitrogens is 3. The van der Waals surface area contributed by atoms with Crippen molar-refractivity contribution < 1.29 is 14.3 Å². The molecule has 1 amide bonds. The first-order valence-corrected chi connectivity index (χ1v) is 6.82. The van der Waals surface area contributed by atoms with Crippen molar-refractivity contribution in [1.29, 1.82) is 0 Å². The van der Waals surface area contributed by atoms with Crippen LogP contribution < -0.4 is 5.32 Å². The number of ether oxygens (including phenoxy) is 1. The van der Waals surface area contributed by atoms with E-state index in [0.717, 1.165) is 0 Å². The summed E-state index contributed by atoms with van der Waals surface area (Å²) in [6.07, 6.45) is 5.56. The van der Waals surface area contributed by atoms with Gasteiger partial charge in [-0.2, -0.15) is 0 Å². The summed E-state index contributed by atoms with van der Waals surface area (Å²) in [5.74, 6) is -0.481. The molecule has 0 aliphatic rings. The Morgan fingerprint density at radius 2 is 2.35 bits per heavy atom. The fourth-order valence-electron chi connectivity index (χ4n) is 1.50. The second kappa shape index (κ2) is 6.80. The van der Waals surface area contributed by atoms with Crippen LogP contribution in [0.25, 0.3) is 0 Å². The van der Waals surface area contributed by atoms with Gasteiger partial charge < -0.3 is 14.6 Å². The molecule has 0 aromatic carbocycles. The molecule has 0 radical (unpaired) electrons. The molecule has 0 bridgehead atoms. The van der Waals surface area contributed by atoms with Crippen LogP contribution in [0.1, 0.15) is 12.1 Å². The largest absolute Gasteiger partial charge is 0.469 e. The highest BCUT2D eigenvalue weighted by Crippen LogP contribution is 2.16. The average molecular weight is 294 g/mol. The summed E-state index contributed by atoms with van der Waals surface area (Å²) in [5, 5.41) is 4.91. The number of aryl methyl sites for hydroxylation is 1. The minimum atomic E-state index is -0.353. The highest BCUT2D eigenvalue weighted by Gasteiger charge is 2.09. The van der Waals surface area contributed by atoms with Crippen LogP contribution in [-0.4, -0.2) is 33.5 Å². The molecule has 0 spiro atoms. The van der Waals surface area contributed by atoms with Gasteiger partial charge in [-0.1, -0.05) is 0 Å². The van der Waals surface area contributed by atoms with Crippen molar-refractivity contribution >= 4 is 28.3 Å². The molecule has 0 aliphatic carbocycles. The summed E-state index contributed by atoms with van der Waals surface area (Å²) in [6, 6.07) is 0. The van der Waals surface area contributed by atoms with Crippen molar-refractivity contribution in [2.45, 2.75) is 19.4 Å². The van der Waals surface area contributed by atoms with Gasteiger partial charge in [-0.25, -0.2) is 9.97 Å². The Labute approximate surface area is 119 Å². The fourth-order valence-corrected chi connectivity index (χ4v) is 2.22. The number of thiazole rings is 1. The van der Waals surface area contributed by atoms with Crippen molar-refractivity contribution in [3.63, 3.8) is 0 Å². The van der Waals surface area contributed by atoms with Gasteiger partial charge in [-0.05, 0) is 0 Å². The fraction of sp³-hybridized carbons (Fsp3) is 0.333. The lowest BCUT2D eigenvalue weighted by atomic mass is 10.3. The van der Waals surface area contributed by atoms with E-state index < -0.39 is 0 Å². The molecule has 0 atom stereocenters. The minimum absolute atomic E-state index is 0.109. The number of carbonyl (C=O) groups excluding carboxylic acids is 2. The maximum atomic E-state index is 11.7. The lowest BCUT2D eigenvalue weighted by Gasteiger charge is -2.02. The number of nitrogens with zero attached hydrogens (tertiary/aromatic N) is 3. The maximum absolute atomic E-state index is 11.7. The maximum Gasteiger partial charge on any atom is 0.311 e. The number of hydrogen-bond donors (Lipinski definition) is 1. The quantitative estimate of drug-likeness (QED) is 0.806. The number of amides is 1. The van der Waals surface area contributed by atoms with Crippen LogP contribution in [-0.2, 0) is 27.3 Å². The number of hydrogen-bond acceptors (Lipinski definition) is 6. The van der Waals surface area contributed by atoms with Gasteiger partial charge in [0.05, 0.1) is 25.6 Å². The molecule has 2 heterocycles. The Kier molecular flexibility index (Phi) is 4.83. The summed E-state index contributed by atoms with van der Waals surface area (Å²) >= 11 is 1.28. The lowest BCUT2D eigenvalue weighted by molar-refractivity contribution is -0.139. The number of imidazole rings is 1. The van der Waals surface area contributed by atoms with E-state index in [0.29, 0.717) is 23.8 Å². The Bertz CT molecular complexity index is 579. The van der Waals surface area contributed by atoms with E-state index in [-0.39, 0.29) is 18.3 Å². The third-order valence-electron chi connectivity index (χ3n) is 2.51. The second-order valence-electron chi connectivity index (χ2n) is 4.00. The van der Waals surface area contributed by atoms with E-state index in [1.807, 2.05) is 4.57 Å². The SMILES string of the molecule is COC(=O)Cc1csc(NC(=O)CCn2ccnc2)n1. The van der Waals surface area contributed by atoms with Crippen LogP contribution in [0.4, 0.5) is 5.13 Å². The van der Waals surface area contributed by atoms with Crippen molar-refractivity contribution in [2.24, 2.45) is 0 Å². The van der Waals surface area contributed by atoms with Crippen LogP contribution in [0, 0.1) is 0 Å². The van der Waals surface area contributed by atoms with Gasteiger partial charge in [0.15, 0.2) is 5.13 Å². The van der Waals surface area contributed by atoms with Crippen LogP contribution in [0.5, 0.6) is 0 Å². The van der Waals surface area contributed by atoms with Gasteiger partial charge in [0.25, 0.3) is 0 Å². The molecule has 0 saturated heterocycles. The topological polar surface area (TPSA) is 86.1 Å². The molecule has 106 valence electrons. The molecule has 8 heteroatoms. The van der Waals surface area contributed by atoms with Crippen LogP contribution in [0.3, 0.4) is 0 Å². The molecular weight excluding hydrogens is 280 g/mol. The van der Waals surface area contributed by atoms with Gasteiger partial charge in [0, 0.05) is 30.7 Å². The Morgan fingerprint density at radius 3 is 3.05 bits per heavy atom. The van der Waals surface area contributed by atoms with E-state index in [9.17, 15) is 9.59 Å². The molecule has 20 heavy (non-hydrogen) atoms. The van der Waals surface area contributed by atoms with Crippen molar-refractivity contribution in [3.8, 4) is 0 Å². The molecule has 7 nitrogen and oxygen atoms in total. The molecule has 2 aromatic heterocycles. The normalized spacial score (nSPS) is 10.2. The molecule has 0 saturated carbocycles. The third kappa shape index (κ3) is 4.16. The lowest BCUT2D eigenvalue weighted by Crippen LogP contribution is -2.14. The summed E-state index contributed by atoms with van der Waals surface area (Å²) < 4.78 is 6.38. The van der Waals surface area contributed by atoms with E-state index >= 15 is 0 Å². The van der Waals surface area contributed by atoms with Crippen LogP contribution in [0.15, 0.2) is 24.1 Å². The zero-order valence-corrected chi connectivity index (χ0v) is 11.7. The third-order valence-corrected chi connectivity index (χ3v) is 3.31. The van der Waals surface area contributed by atoms with Crippen LogP contribution in [0.2, 0.25) is 0 Å². The number of nitrogens with one attached hydrogen (secondary N) is 1. The molecule has 0 aliphatic heterocycles.